The van der Waals surface area contributed by atoms with Gasteiger partial charge in [0.15, 0.2) is 12.1 Å². The van der Waals surface area contributed by atoms with Gasteiger partial charge in [0.1, 0.15) is 34.1 Å². The molecule has 0 amide bonds. The number of fused-ring (bicyclic) bond motifs is 3. The molecular weight excluding hydrogens is 488 g/mol. The van der Waals surface area contributed by atoms with E-state index in [1.165, 1.54) is 23.5 Å². The van der Waals surface area contributed by atoms with Gasteiger partial charge in [-0.3, -0.25) is 9.98 Å². The minimum atomic E-state index is -1.79. The van der Waals surface area contributed by atoms with E-state index in [0.717, 1.165) is 11.1 Å². The Morgan fingerprint density at radius 2 is 1.82 bits per heavy atom. The molecule has 1 fully saturated rings. The summed E-state index contributed by atoms with van der Waals surface area (Å²) in [6, 6.07) is 4.29. The zero-order valence-corrected chi connectivity index (χ0v) is 18.9. The molecule has 3 heterocycles. The van der Waals surface area contributed by atoms with Crippen LogP contribution in [0.4, 0.5) is 0 Å². The average molecular weight is 509 g/mol. The van der Waals surface area contributed by atoms with Crippen LogP contribution in [0, 0.1) is 0 Å². The smallest absolute Gasteiger partial charge is 0.335 e. The van der Waals surface area contributed by atoms with Gasteiger partial charge in [-0.2, -0.15) is 0 Å². The van der Waals surface area contributed by atoms with E-state index in [1.807, 2.05) is 18.2 Å². The Kier molecular flexibility index (Phi) is 6.16. The Labute approximate surface area is 201 Å². The third-order valence-electron chi connectivity index (χ3n) is 5.84. The molecule has 0 aromatic heterocycles. The SMILES string of the molecule is O=C(O)C1CSC(C2=NC3C=Cc4cc(OC5OC(C(=O)O)C(O)C(O)C5O)ccc4C3S2)=N1. The molecular formula is C21H20N2O9S2. The number of carboxylic acid groups (broad SMARTS) is 2. The van der Waals surface area contributed by atoms with Crippen molar-refractivity contribution in [2.45, 2.75) is 48.0 Å². The molecule has 11 nitrogen and oxygen atoms in total. The van der Waals surface area contributed by atoms with E-state index in [1.54, 1.807) is 12.1 Å². The molecule has 5 N–H and O–H groups in total. The van der Waals surface area contributed by atoms with Crippen LogP contribution in [0.5, 0.6) is 5.75 Å². The van der Waals surface area contributed by atoms with Crippen LogP contribution in [0.3, 0.4) is 0 Å². The van der Waals surface area contributed by atoms with E-state index in [9.17, 15) is 30.0 Å². The van der Waals surface area contributed by atoms with Gasteiger partial charge in [-0.1, -0.05) is 30.0 Å². The number of hydrogen-bond acceptors (Lipinski definition) is 11. The third-order valence-corrected chi connectivity index (χ3v) is 8.33. The molecule has 0 bridgehead atoms. The molecule has 0 radical (unpaired) electrons. The predicted molar refractivity (Wildman–Crippen MR) is 123 cm³/mol. The molecule has 8 unspecified atom stereocenters. The Morgan fingerprint density at radius 1 is 1.03 bits per heavy atom. The lowest BCUT2D eigenvalue weighted by Crippen LogP contribution is -2.61. The van der Waals surface area contributed by atoms with Gasteiger partial charge in [-0.25, -0.2) is 9.59 Å². The minimum Gasteiger partial charge on any atom is -0.480 e. The average Bonchev–Trinajstić information content (AvgIpc) is 3.46. The normalized spacial score (nSPS) is 36.3. The molecule has 3 aliphatic heterocycles. The maximum absolute atomic E-state index is 11.3. The Bertz CT molecular complexity index is 1120. The second kappa shape index (κ2) is 8.98. The van der Waals surface area contributed by atoms with Crippen molar-refractivity contribution in [2.75, 3.05) is 5.75 Å². The van der Waals surface area contributed by atoms with Crippen LogP contribution in [-0.4, -0.2) is 96.1 Å². The van der Waals surface area contributed by atoms with Gasteiger partial charge in [-0.05, 0) is 23.3 Å². The molecule has 5 rings (SSSR count). The Balaban J connectivity index is 1.31. The number of aliphatic hydroxyl groups is 3. The summed E-state index contributed by atoms with van der Waals surface area (Å²) in [5, 5.41) is 49.7. The number of nitrogens with zero attached hydrogens (tertiary/aromatic N) is 2. The first-order valence-electron chi connectivity index (χ1n) is 10.3. The van der Waals surface area contributed by atoms with Crippen LogP contribution >= 0.6 is 23.5 Å². The van der Waals surface area contributed by atoms with E-state index >= 15 is 0 Å². The molecule has 13 heteroatoms. The molecule has 8 atom stereocenters. The first kappa shape index (κ1) is 23.3. The van der Waals surface area contributed by atoms with E-state index in [0.29, 0.717) is 15.8 Å². The fourth-order valence-corrected chi connectivity index (χ4v) is 6.49. The quantitative estimate of drug-likeness (QED) is 0.365. The molecule has 1 saturated heterocycles. The maximum Gasteiger partial charge on any atom is 0.335 e. The monoisotopic (exact) mass is 508 g/mol. The summed E-state index contributed by atoms with van der Waals surface area (Å²) in [5.41, 5.74) is 1.80. The van der Waals surface area contributed by atoms with Crippen LogP contribution in [0.1, 0.15) is 16.4 Å². The van der Waals surface area contributed by atoms with Crippen LogP contribution in [0.2, 0.25) is 0 Å². The van der Waals surface area contributed by atoms with Gasteiger partial charge in [0, 0.05) is 5.75 Å². The molecule has 0 spiro atoms. The molecule has 180 valence electrons. The number of aliphatic carboxylic acids is 2. The van der Waals surface area contributed by atoms with Gasteiger partial charge >= 0.3 is 11.9 Å². The second-order valence-electron chi connectivity index (χ2n) is 8.07. The number of thioether (sulfide) groups is 2. The van der Waals surface area contributed by atoms with E-state index in [-0.39, 0.29) is 17.0 Å². The number of aliphatic hydroxyl groups excluding tert-OH is 3. The largest absolute Gasteiger partial charge is 0.480 e. The summed E-state index contributed by atoms with van der Waals surface area (Å²) in [6.07, 6.45) is -4.63. The van der Waals surface area contributed by atoms with Crippen molar-refractivity contribution in [3.8, 4) is 5.75 Å². The topological polar surface area (TPSA) is 178 Å². The Hall–Kier alpha value is -2.42. The number of hydrogen-bond donors (Lipinski definition) is 5. The van der Waals surface area contributed by atoms with Gasteiger partial charge < -0.3 is 35.0 Å². The van der Waals surface area contributed by atoms with E-state index < -0.39 is 48.7 Å². The van der Waals surface area contributed by atoms with E-state index in [4.69, 9.17) is 19.6 Å². The summed E-state index contributed by atoms with van der Waals surface area (Å²) in [6.45, 7) is 0. The number of ether oxygens (including phenoxy) is 2. The highest BCUT2D eigenvalue weighted by Gasteiger charge is 2.48. The summed E-state index contributed by atoms with van der Waals surface area (Å²) >= 11 is 2.90. The van der Waals surface area contributed by atoms with E-state index in [2.05, 4.69) is 4.99 Å². The van der Waals surface area contributed by atoms with Crippen molar-refractivity contribution in [3.63, 3.8) is 0 Å². The standard InChI is InChI=1S/C21H20N2O9S2/c24-12-13(25)15(20(29)30)32-21(14(12)26)31-8-2-3-9-7(5-8)1-4-10-16(9)34-18(22-10)17-23-11(6-33-17)19(27)28/h1-5,10-16,21,24-26H,6H2,(H,27,28)(H,29,30). The van der Waals surface area contributed by atoms with Crippen molar-refractivity contribution >= 4 is 51.6 Å². The molecule has 34 heavy (non-hydrogen) atoms. The fraction of sp³-hybridized carbons (Fsp3) is 0.429. The zero-order chi connectivity index (χ0) is 24.1. The highest BCUT2D eigenvalue weighted by atomic mass is 32.2. The van der Waals surface area contributed by atoms with Crippen LogP contribution in [-0.2, 0) is 14.3 Å². The third kappa shape index (κ3) is 4.12. The lowest BCUT2D eigenvalue weighted by atomic mass is 9.93. The molecule has 1 aromatic carbocycles. The van der Waals surface area contributed by atoms with Crippen molar-refractivity contribution < 1.29 is 44.6 Å². The number of benzene rings is 1. The van der Waals surface area contributed by atoms with Crippen LogP contribution in [0.15, 0.2) is 34.3 Å². The predicted octanol–water partition coefficient (Wildman–Crippen LogP) is 0.138. The fourth-order valence-electron chi connectivity index (χ4n) is 4.05. The zero-order valence-electron chi connectivity index (χ0n) is 17.3. The number of aliphatic imine (C=N–C) groups is 2. The maximum atomic E-state index is 11.3. The van der Waals surface area contributed by atoms with Crippen LogP contribution < -0.4 is 4.74 Å². The van der Waals surface area contributed by atoms with Crippen molar-refractivity contribution in [1.82, 2.24) is 0 Å². The summed E-state index contributed by atoms with van der Waals surface area (Å²) in [7, 11) is 0. The second-order valence-corrected chi connectivity index (χ2v) is 10.2. The summed E-state index contributed by atoms with van der Waals surface area (Å²) in [4.78, 5) is 31.5. The molecule has 1 aliphatic carbocycles. The minimum absolute atomic E-state index is 0.0268. The summed E-state index contributed by atoms with van der Waals surface area (Å²) in [5.74, 6) is -1.77. The molecule has 1 aromatic rings. The van der Waals surface area contributed by atoms with Crippen molar-refractivity contribution in [3.05, 3.63) is 35.4 Å². The molecule has 0 saturated carbocycles. The van der Waals surface area contributed by atoms with Crippen molar-refractivity contribution in [1.29, 1.82) is 0 Å². The first-order valence-corrected chi connectivity index (χ1v) is 12.2. The van der Waals surface area contributed by atoms with Gasteiger partial charge in [-0.15, -0.1) is 11.8 Å². The van der Waals surface area contributed by atoms with Gasteiger partial charge in [0.2, 0.25) is 6.29 Å². The van der Waals surface area contributed by atoms with Crippen molar-refractivity contribution in [2.24, 2.45) is 9.98 Å². The number of rotatable bonds is 5. The van der Waals surface area contributed by atoms with Gasteiger partial charge in [0.05, 0.1) is 11.3 Å². The lowest BCUT2D eigenvalue weighted by Gasteiger charge is -2.38. The highest BCUT2D eigenvalue weighted by molar-refractivity contribution is 8.25. The summed E-state index contributed by atoms with van der Waals surface area (Å²) < 4.78 is 10.8. The highest BCUT2D eigenvalue weighted by Crippen LogP contribution is 2.47. The van der Waals surface area contributed by atoms with Crippen LogP contribution in [0.25, 0.3) is 6.08 Å². The first-order chi connectivity index (χ1) is 16.2. The molecule has 4 aliphatic rings. The Morgan fingerprint density at radius 3 is 2.53 bits per heavy atom. The number of carboxylic acids is 2. The van der Waals surface area contributed by atoms with Gasteiger partial charge in [0.25, 0.3) is 0 Å². The number of carbonyl (C=O) groups is 2. The lowest BCUT2D eigenvalue weighted by molar-refractivity contribution is -0.271.